The Morgan fingerprint density at radius 3 is 2.96 bits per heavy atom. The quantitative estimate of drug-likeness (QED) is 0.810. The van der Waals surface area contributed by atoms with E-state index in [1.165, 1.54) is 5.56 Å². The molecule has 1 heterocycles. The Morgan fingerprint density at radius 2 is 2.04 bits per heavy atom. The summed E-state index contributed by atoms with van der Waals surface area (Å²) in [4.78, 5) is 12.6. The number of H-pyrrole nitrogens is 1. The number of hydrogen-bond acceptors (Lipinski definition) is 3. The second-order valence-corrected chi connectivity index (χ2v) is 6.96. The van der Waals surface area contributed by atoms with E-state index < -0.39 is 5.60 Å². The van der Waals surface area contributed by atoms with Gasteiger partial charge in [0.25, 0.3) is 5.91 Å². The van der Waals surface area contributed by atoms with E-state index in [-0.39, 0.29) is 12.5 Å². The first-order chi connectivity index (χ1) is 11.7. The average molecular weight is 325 g/mol. The normalized spacial score (nSPS) is 22.5. The molecular formula is C19H23N3O2. The minimum absolute atomic E-state index is 0.189. The van der Waals surface area contributed by atoms with E-state index in [4.69, 9.17) is 0 Å². The van der Waals surface area contributed by atoms with Crippen LogP contribution in [-0.4, -0.2) is 27.8 Å². The highest BCUT2D eigenvalue weighted by Crippen LogP contribution is 2.34. The van der Waals surface area contributed by atoms with Crippen LogP contribution >= 0.6 is 0 Å². The number of nitrogens with zero attached hydrogens (tertiary/aromatic N) is 1. The third-order valence-corrected chi connectivity index (χ3v) is 5.37. The summed E-state index contributed by atoms with van der Waals surface area (Å²) in [6.07, 6.45) is 6.70. The number of aliphatic hydroxyl groups is 1. The number of nitrogens with one attached hydrogen (secondary N) is 2. The molecule has 1 amide bonds. The van der Waals surface area contributed by atoms with Crippen LogP contribution in [0, 0.1) is 0 Å². The summed E-state index contributed by atoms with van der Waals surface area (Å²) in [5.41, 5.74) is 3.78. The van der Waals surface area contributed by atoms with Gasteiger partial charge in [0.05, 0.1) is 6.54 Å². The van der Waals surface area contributed by atoms with E-state index >= 15 is 0 Å². The number of carbonyl (C=O) groups is 1. The first-order valence-corrected chi connectivity index (χ1v) is 8.82. The molecule has 0 saturated heterocycles. The smallest absolute Gasteiger partial charge is 0.272 e. The maximum absolute atomic E-state index is 12.6. The van der Waals surface area contributed by atoms with Gasteiger partial charge in [0.15, 0.2) is 5.69 Å². The van der Waals surface area contributed by atoms with Crippen LogP contribution in [0.4, 0.5) is 0 Å². The van der Waals surface area contributed by atoms with E-state index in [0.717, 1.165) is 55.3 Å². The molecule has 1 aromatic carbocycles. The zero-order valence-corrected chi connectivity index (χ0v) is 13.8. The van der Waals surface area contributed by atoms with Crippen LogP contribution in [0.3, 0.4) is 0 Å². The fraction of sp³-hybridized carbons (Fsp3) is 0.474. The van der Waals surface area contributed by atoms with Gasteiger partial charge in [0.2, 0.25) is 0 Å². The Morgan fingerprint density at radius 1 is 1.21 bits per heavy atom. The van der Waals surface area contributed by atoms with Crippen LogP contribution in [-0.2, 0) is 24.9 Å². The molecule has 0 saturated carbocycles. The summed E-state index contributed by atoms with van der Waals surface area (Å²) >= 11 is 0. The Labute approximate surface area is 141 Å². The Bertz CT molecular complexity index is 768. The number of aryl methyl sites for hydroxylation is 2. The molecule has 0 spiro atoms. The highest BCUT2D eigenvalue weighted by atomic mass is 16.3. The molecule has 1 atom stereocenters. The molecule has 0 aliphatic heterocycles. The van der Waals surface area contributed by atoms with Crippen LogP contribution in [0.15, 0.2) is 24.3 Å². The van der Waals surface area contributed by atoms with Gasteiger partial charge >= 0.3 is 0 Å². The van der Waals surface area contributed by atoms with Gasteiger partial charge in [-0.05, 0) is 56.1 Å². The van der Waals surface area contributed by atoms with Crippen LogP contribution in [0.25, 0.3) is 0 Å². The monoisotopic (exact) mass is 325 g/mol. The lowest BCUT2D eigenvalue weighted by Gasteiger charge is -2.34. The van der Waals surface area contributed by atoms with Crippen LogP contribution in [0.5, 0.6) is 0 Å². The molecule has 5 nitrogen and oxygen atoms in total. The second kappa shape index (κ2) is 6.06. The molecule has 126 valence electrons. The summed E-state index contributed by atoms with van der Waals surface area (Å²) < 4.78 is 0. The SMILES string of the molecule is O=C(NCC1(O)CCCc2ccccc21)c1n[nH]c2c1CCCC2. The van der Waals surface area contributed by atoms with Crippen molar-refractivity contribution in [3.8, 4) is 0 Å². The molecule has 2 aromatic rings. The fourth-order valence-corrected chi connectivity index (χ4v) is 4.06. The minimum Gasteiger partial charge on any atom is -0.383 e. The highest BCUT2D eigenvalue weighted by Gasteiger charge is 2.35. The number of aromatic nitrogens is 2. The summed E-state index contributed by atoms with van der Waals surface area (Å²) in [6, 6.07) is 7.97. The number of amides is 1. The van der Waals surface area contributed by atoms with Crippen molar-refractivity contribution in [3.05, 3.63) is 52.3 Å². The first kappa shape index (κ1) is 15.4. The lowest BCUT2D eigenvalue weighted by molar-refractivity contribution is 0.0189. The zero-order chi connectivity index (χ0) is 16.6. The van der Waals surface area contributed by atoms with Crippen molar-refractivity contribution in [1.29, 1.82) is 0 Å². The number of benzene rings is 1. The maximum atomic E-state index is 12.6. The van der Waals surface area contributed by atoms with Gasteiger partial charge in [-0.1, -0.05) is 24.3 Å². The van der Waals surface area contributed by atoms with E-state index in [9.17, 15) is 9.90 Å². The molecule has 4 rings (SSSR count). The number of rotatable bonds is 3. The van der Waals surface area contributed by atoms with Crippen molar-refractivity contribution in [1.82, 2.24) is 15.5 Å². The predicted octanol–water partition coefficient (Wildman–Crippen LogP) is 2.24. The zero-order valence-electron chi connectivity index (χ0n) is 13.8. The Hall–Kier alpha value is -2.14. The molecule has 5 heteroatoms. The number of hydrogen-bond donors (Lipinski definition) is 3. The predicted molar refractivity (Wildman–Crippen MR) is 90.8 cm³/mol. The Balaban J connectivity index is 1.51. The van der Waals surface area contributed by atoms with E-state index in [2.05, 4.69) is 21.6 Å². The standard InChI is InChI=1S/C19H23N3O2/c23-18(17-14-8-2-4-10-16(14)21-22-17)20-12-19(24)11-5-7-13-6-1-3-9-15(13)19/h1,3,6,9,24H,2,4-5,7-8,10-12H2,(H,20,23)(H,21,22). The fourth-order valence-electron chi connectivity index (χ4n) is 4.06. The van der Waals surface area contributed by atoms with Crippen molar-refractivity contribution in [2.45, 2.75) is 50.5 Å². The topological polar surface area (TPSA) is 78.0 Å². The van der Waals surface area contributed by atoms with Gasteiger partial charge in [0.1, 0.15) is 5.60 Å². The summed E-state index contributed by atoms with van der Waals surface area (Å²) in [6.45, 7) is 0.227. The number of fused-ring (bicyclic) bond motifs is 2. The Kier molecular flexibility index (Phi) is 3.88. The molecule has 0 fully saturated rings. The van der Waals surface area contributed by atoms with Gasteiger partial charge in [-0.15, -0.1) is 0 Å². The maximum Gasteiger partial charge on any atom is 0.272 e. The molecule has 3 N–H and O–H groups in total. The minimum atomic E-state index is -0.985. The van der Waals surface area contributed by atoms with Gasteiger partial charge in [-0.2, -0.15) is 5.10 Å². The number of aromatic amines is 1. The molecule has 0 radical (unpaired) electrons. The van der Waals surface area contributed by atoms with Gasteiger partial charge < -0.3 is 10.4 Å². The van der Waals surface area contributed by atoms with E-state index in [1.54, 1.807) is 0 Å². The molecular weight excluding hydrogens is 302 g/mol. The van der Waals surface area contributed by atoms with Crippen molar-refractivity contribution in [2.24, 2.45) is 0 Å². The summed E-state index contributed by atoms with van der Waals surface area (Å²) in [7, 11) is 0. The van der Waals surface area contributed by atoms with Crippen LogP contribution < -0.4 is 5.32 Å². The van der Waals surface area contributed by atoms with Crippen molar-refractivity contribution in [3.63, 3.8) is 0 Å². The number of carbonyl (C=O) groups excluding carboxylic acids is 1. The third-order valence-electron chi connectivity index (χ3n) is 5.37. The van der Waals surface area contributed by atoms with Crippen LogP contribution in [0.1, 0.15) is 58.6 Å². The average Bonchev–Trinajstić information content (AvgIpc) is 3.04. The van der Waals surface area contributed by atoms with Gasteiger partial charge in [-0.25, -0.2) is 0 Å². The lowest BCUT2D eigenvalue weighted by Crippen LogP contribution is -2.43. The van der Waals surface area contributed by atoms with Crippen molar-refractivity contribution < 1.29 is 9.90 Å². The molecule has 24 heavy (non-hydrogen) atoms. The third kappa shape index (κ3) is 2.63. The summed E-state index contributed by atoms with van der Waals surface area (Å²) in [5, 5.41) is 21.2. The van der Waals surface area contributed by atoms with Crippen molar-refractivity contribution in [2.75, 3.05) is 6.54 Å². The van der Waals surface area contributed by atoms with Gasteiger partial charge in [-0.3, -0.25) is 9.89 Å². The largest absolute Gasteiger partial charge is 0.383 e. The molecule has 2 aliphatic rings. The molecule has 1 unspecified atom stereocenters. The molecule has 0 bridgehead atoms. The summed E-state index contributed by atoms with van der Waals surface area (Å²) in [5.74, 6) is -0.189. The molecule has 1 aromatic heterocycles. The van der Waals surface area contributed by atoms with Crippen molar-refractivity contribution >= 4 is 5.91 Å². The lowest BCUT2D eigenvalue weighted by atomic mass is 9.79. The first-order valence-electron chi connectivity index (χ1n) is 8.82. The highest BCUT2D eigenvalue weighted by molar-refractivity contribution is 5.94. The van der Waals surface area contributed by atoms with Gasteiger partial charge in [0, 0.05) is 11.3 Å². The van der Waals surface area contributed by atoms with Crippen LogP contribution in [0.2, 0.25) is 0 Å². The molecule has 2 aliphatic carbocycles. The van der Waals surface area contributed by atoms with E-state index in [0.29, 0.717) is 12.1 Å². The van der Waals surface area contributed by atoms with E-state index in [1.807, 2.05) is 18.2 Å². The second-order valence-electron chi connectivity index (χ2n) is 6.96.